The molecule has 1 rings (SSSR count). The Hall–Kier alpha value is -1.26. The highest BCUT2D eigenvalue weighted by molar-refractivity contribution is 5.77. The van der Waals surface area contributed by atoms with E-state index in [9.17, 15) is 9.59 Å². The van der Waals surface area contributed by atoms with Gasteiger partial charge >= 0.3 is 12.0 Å². The Morgan fingerprint density at radius 1 is 1.28 bits per heavy atom. The number of likely N-dealkylation sites (tertiary alicyclic amines) is 1. The Morgan fingerprint density at radius 3 is 2.22 bits per heavy atom. The number of amides is 2. The maximum atomic E-state index is 11.9. The Kier molecular flexibility index (Phi) is 4.24. The number of aliphatic carboxylic acids is 1. The Bertz CT molecular complexity index is 327. The smallest absolute Gasteiger partial charge is 0.317 e. The van der Waals surface area contributed by atoms with Crippen LogP contribution in [0.5, 0.6) is 0 Å². The molecule has 1 saturated heterocycles. The van der Waals surface area contributed by atoms with E-state index in [1.165, 1.54) is 0 Å². The fourth-order valence-corrected chi connectivity index (χ4v) is 1.80. The second-order valence-electron chi connectivity index (χ2n) is 6.50. The minimum absolute atomic E-state index is 0.153. The van der Waals surface area contributed by atoms with Crippen LogP contribution < -0.4 is 5.32 Å². The number of carbonyl (C=O) groups excluding carboxylic acids is 1. The lowest BCUT2D eigenvalue weighted by Gasteiger charge is -2.37. The number of carboxylic acid groups (broad SMARTS) is 1. The van der Waals surface area contributed by atoms with Crippen molar-refractivity contribution in [2.24, 2.45) is 10.8 Å². The van der Waals surface area contributed by atoms with E-state index in [0.717, 1.165) is 25.9 Å². The van der Waals surface area contributed by atoms with Crippen molar-refractivity contribution in [2.75, 3.05) is 19.6 Å². The molecule has 18 heavy (non-hydrogen) atoms. The first kappa shape index (κ1) is 14.8. The first-order valence-electron chi connectivity index (χ1n) is 6.40. The molecule has 0 radical (unpaired) electrons. The van der Waals surface area contributed by atoms with E-state index in [-0.39, 0.29) is 12.6 Å². The SMILES string of the molecule is CC1(C)CCN(C(=O)NCC(C)(C)C(=O)O)CC1. The summed E-state index contributed by atoms with van der Waals surface area (Å²) >= 11 is 0. The number of urea groups is 1. The van der Waals surface area contributed by atoms with Crippen LogP contribution in [0.1, 0.15) is 40.5 Å². The van der Waals surface area contributed by atoms with E-state index in [2.05, 4.69) is 19.2 Å². The predicted octanol–water partition coefficient (Wildman–Crippen LogP) is 1.93. The maximum absolute atomic E-state index is 11.9. The van der Waals surface area contributed by atoms with E-state index in [1.807, 2.05) is 0 Å². The number of carboxylic acids is 1. The van der Waals surface area contributed by atoms with Crippen LogP contribution in [0.3, 0.4) is 0 Å². The molecule has 0 aliphatic carbocycles. The monoisotopic (exact) mass is 256 g/mol. The van der Waals surface area contributed by atoms with E-state index in [0.29, 0.717) is 5.41 Å². The summed E-state index contributed by atoms with van der Waals surface area (Å²) in [5.41, 5.74) is -0.623. The molecular formula is C13H24N2O3. The fourth-order valence-electron chi connectivity index (χ4n) is 1.80. The van der Waals surface area contributed by atoms with Crippen molar-refractivity contribution in [3.63, 3.8) is 0 Å². The predicted molar refractivity (Wildman–Crippen MR) is 69.4 cm³/mol. The van der Waals surface area contributed by atoms with Crippen molar-refractivity contribution in [1.82, 2.24) is 10.2 Å². The quantitative estimate of drug-likeness (QED) is 0.810. The minimum atomic E-state index is -0.926. The van der Waals surface area contributed by atoms with Crippen molar-refractivity contribution in [3.05, 3.63) is 0 Å². The second kappa shape index (κ2) is 5.16. The Balaban J connectivity index is 2.41. The van der Waals surface area contributed by atoms with E-state index in [1.54, 1.807) is 18.7 Å². The summed E-state index contributed by atoms with van der Waals surface area (Å²) in [5, 5.41) is 11.7. The molecule has 5 nitrogen and oxygen atoms in total. The molecule has 0 aromatic carbocycles. The van der Waals surface area contributed by atoms with Gasteiger partial charge in [-0.25, -0.2) is 4.79 Å². The van der Waals surface area contributed by atoms with Gasteiger partial charge in [-0.05, 0) is 32.1 Å². The molecule has 0 unspecified atom stereocenters. The molecule has 1 fully saturated rings. The highest BCUT2D eigenvalue weighted by atomic mass is 16.4. The van der Waals surface area contributed by atoms with Crippen molar-refractivity contribution >= 4 is 12.0 Å². The van der Waals surface area contributed by atoms with Crippen LogP contribution in [-0.4, -0.2) is 41.6 Å². The molecule has 0 atom stereocenters. The van der Waals surface area contributed by atoms with Crippen LogP contribution in [0.2, 0.25) is 0 Å². The lowest BCUT2D eigenvalue weighted by molar-refractivity contribution is -0.146. The molecule has 1 aliphatic heterocycles. The summed E-state index contributed by atoms with van der Waals surface area (Å²) in [6, 6.07) is -0.153. The fraction of sp³-hybridized carbons (Fsp3) is 0.846. The molecule has 2 N–H and O–H groups in total. The van der Waals surface area contributed by atoms with Crippen LogP contribution in [-0.2, 0) is 4.79 Å². The zero-order chi connectivity index (χ0) is 14.0. The normalized spacial score (nSPS) is 19.4. The summed E-state index contributed by atoms with van der Waals surface area (Å²) in [7, 11) is 0. The first-order valence-corrected chi connectivity index (χ1v) is 6.40. The van der Waals surface area contributed by atoms with E-state index in [4.69, 9.17) is 5.11 Å². The molecule has 0 spiro atoms. The molecule has 104 valence electrons. The van der Waals surface area contributed by atoms with Gasteiger partial charge in [-0.3, -0.25) is 4.79 Å². The van der Waals surface area contributed by atoms with Gasteiger partial charge in [0, 0.05) is 19.6 Å². The largest absolute Gasteiger partial charge is 0.481 e. The highest BCUT2D eigenvalue weighted by Crippen LogP contribution is 2.29. The average Bonchev–Trinajstić information content (AvgIpc) is 2.25. The Labute approximate surface area is 109 Å². The van der Waals surface area contributed by atoms with Crippen LogP contribution >= 0.6 is 0 Å². The molecule has 5 heteroatoms. The van der Waals surface area contributed by atoms with E-state index >= 15 is 0 Å². The average molecular weight is 256 g/mol. The lowest BCUT2D eigenvalue weighted by atomic mass is 9.83. The van der Waals surface area contributed by atoms with Crippen molar-refractivity contribution in [1.29, 1.82) is 0 Å². The number of carbonyl (C=O) groups is 2. The van der Waals surface area contributed by atoms with Gasteiger partial charge in [-0.15, -0.1) is 0 Å². The summed E-state index contributed by atoms with van der Waals surface area (Å²) < 4.78 is 0. The third-order valence-electron chi connectivity index (χ3n) is 3.66. The first-order chi connectivity index (χ1) is 8.14. The van der Waals surface area contributed by atoms with Crippen molar-refractivity contribution in [2.45, 2.75) is 40.5 Å². The summed E-state index contributed by atoms with van der Waals surface area (Å²) in [4.78, 5) is 24.6. The number of nitrogens with one attached hydrogen (secondary N) is 1. The van der Waals surface area contributed by atoms with Gasteiger partial charge in [0.25, 0.3) is 0 Å². The van der Waals surface area contributed by atoms with Gasteiger partial charge in [0.1, 0.15) is 0 Å². The third-order valence-corrected chi connectivity index (χ3v) is 3.66. The molecule has 0 aromatic rings. The molecule has 1 aliphatic rings. The summed E-state index contributed by atoms with van der Waals surface area (Å²) in [5.74, 6) is -0.900. The zero-order valence-corrected chi connectivity index (χ0v) is 11.7. The third kappa shape index (κ3) is 3.89. The molecular weight excluding hydrogens is 232 g/mol. The van der Waals surface area contributed by atoms with Gasteiger partial charge in [0.05, 0.1) is 5.41 Å². The van der Waals surface area contributed by atoms with Gasteiger partial charge in [0.2, 0.25) is 0 Å². The molecule has 0 aromatic heterocycles. The number of hydrogen-bond donors (Lipinski definition) is 2. The van der Waals surface area contributed by atoms with Crippen molar-refractivity contribution < 1.29 is 14.7 Å². The van der Waals surface area contributed by atoms with Crippen molar-refractivity contribution in [3.8, 4) is 0 Å². The molecule has 0 bridgehead atoms. The number of piperidine rings is 1. The van der Waals surface area contributed by atoms with Gasteiger partial charge in [-0.2, -0.15) is 0 Å². The van der Waals surface area contributed by atoms with Crippen LogP contribution in [0, 0.1) is 10.8 Å². The van der Waals surface area contributed by atoms with Crippen LogP contribution in [0.15, 0.2) is 0 Å². The Morgan fingerprint density at radius 2 is 1.78 bits per heavy atom. The number of rotatable bonds is 3. The van der Waals surface area contributed by atoms with Crippen LogP contribution in [0.25, 0.3) is 0 Å². The van der Waals surface area contributed by atoms with Gasteiger partial charge in [0.15, 0.2) is 0 Å². The van der Waals surface area contributed by atoms with Crippen LogP contribution in [0.4, 0.5) is 4.79 Å². The standard InChI is InChI=1S/C13H24N2O3/c1-12(2)5-7-15(8-6-12)11(18)14-9-13(3,4)10(16)17/h5-9H2,1-4H3,(H,14,18)(H,16,17). The van der Waals surface area contributed by atoms with Gasteiger partial charge in [-0.1, -0.05) is 13.8 Å². The maximum Gasteiger partial charge on any atom is 0.317 e. The number of nitrogens with zero attached hydrogens (tertiary/aromatic N) is 1. The van der Waals surface area contributed by atoms with E-state index < -0.39 is 11.4 Å². The summed E-state index contributed by atoms with van der Waals surface area (Å²) in [6.45, 7) is 9.26. The number of hydrogen-bond acceptors (Lipinski definition) is 2. The highest BCUT2D eigenvalue weighted by Gasteiger charge is 2.31. The van der Waals surface area contributed by atoms with Gasteiger partial charge < -0.3 is 15.3 Å². The summed E-state index contributed by atoms with van der Waals surface area (Å²) in [6.07, 6.45) is 1.98. The second-order valence-corrected chi connectivity index (χ2v) is 6.50. The minimum Gasteiger partial charge on any atom is -0.481 e. The molecule has 2 amide bonds. The molecule has 1 heterocycles. The molecule has 0 saturated carbocycles. The zero-order valence-electron chi connectivity index (χ0n) is 11.7. The lowest BCUT2D eigenvalue weighted by Crippen LogP contribution is -2.49. The topological polar surface area (TPSA) is 69.6 Å².